The Morgan fingerprint density at radius 3 is 2.48 bits per heavy atom. The summed E-state index contributed by atoms with van der Waals surface area (Å²) >= 11 is 1.51. The molecule has 0 unspecified atom stereocenters. The molecule has 1 saturated heterocycles. The highest BCUT2D eigenvalue weighted by molar-refractivity contribution is 7.08. The molecule has 0 aromatic carbocycles. The summed E-state index contributed by atoms with van der Waals surface area (Å²) in [6, 6.07) is 1.95. The molecule has 7 heteroatoms. The highest BCUT2D eigenvalue weighted by Crippen LogP contribution is 2.15. The van der Waals surface area contributed by atoms with Crippen molar-refractivity contribution in [2.75, 3.05) is 13.1 Å². The van der Waals surface area contributed by atoms with E-state index < -0.39 is 5.54 Å². The zero-order chi connectivity index (χ0) is 14.8. The summed E-state index contributed by atoms with van der Waals surface area (Å²) in [7, 11) is 0. The summed E-state index contributed by atoms with van der Waals surface area (Å²) in [6.07, 6.45) is 1.55. The Balaban J connectivity index is 0.00000220. The number of nitrogens with two attached hydrogens (primary N) is 1. The van der Waals surface area contributed by atoms with Gasteiger partial charge >= 0.3 is 0 Å². The molecule has 2 amide bonds. The van der Waals surface area contributed by atoms with Crippen molar-refractivity contribution in [2.45, 2.75) is 38.3 Å². The van der Waals surface area contributed by atoms with Crippen molar-refractivity contribution in [1.29, 1.82) is 0 Å². The average molecular weight is 332 g/mol. The highest BCUT2D eigenvalue weighted by atomic mass is 35.5. The van der Waals surface area contributed by atoms with Crippen LogP contribution in [-0.2, 0) is 4.79 Å². The molecule has 1 aromatic rings. The van der Waals surface area contributed by atoms with Crippen LogP contribution in [0.2, 0.25) is 0 Å². The van der Waals surface area contributed by atoms with Gasteiger partial charge in [-0.1, -0.05) is 0 Å². The smallest absolute Gasteiger partial charge is 0.252 e. The number of nitrogens with one attached hydrogen (secondary N) is 1. The molecule has 0 saturated carbocycles. The first-order chi connectivity index (χ1) is 9.38. The first-order valence-corrected chi connectivity index (χ1v) is 7.73. The summed E-state index contributed by atoms with van der Waals surface area (Å²) in [5, 5.41) is 6.74. The normalized spacial score (nSPS) is 16.2. The summed E-state index contributed by atoms with van der Waals surface area (Å²) < 4.78 is 0. The van der Waals surface area contributed by atoms with E-state index in [-0.39, 0.29) is 30.3 Å². The predicted octanol–water partition coefficient (Wildman–Crippen LogP) is 1.63. The third kappa shape index (κ3) is 4.69. The molecule has 1 aromatic heterocycles. The van der Waals surface area contributed by atoms with Crippen LogP contribution in [0.5, 0.6) is 0 Å². The van der Waals surface area contributed by atoms with E-state index in [1.54, 1.807) is 18.7 Å². The number of carbonyl (C=O) groups is 2. The van der Waals surface area contributed by atoms with Crippen molar-refractivity contribution in [2.24, 2.45) is 5.73 Å². The number of hydrogen-bond donors (Lipinski definition) is 2. The van der Waals surface area contributed by atoms with Gasteiger partial charge in [-0.2, -0.15) is 11.3 Å². The van der Waals surface area contributed by atoms with Gasteiger partial charge in [0.25, 0.3) is 5.91 Å². The minimum atomic E-state index is -0.827. The molecule has 21 heavy (non-hydrogen) atoms. The number of piperidine rings is 1. The lowest BCUT2D eigenvalue weighted by atomic mass is 10.00. The molecule has 0 bridgehead atoms. The molecular formula is C14H22ClN3O2S. The van der Waals surface area contributed by atoms with E-state index in [4.69, 9.17) is 5.73 Å². The molecule has 5 nitrogen and oxygen atoms in total. The lowest BCUT2D eigenvalue weighted by Gasteiger charge is -2.35. The molecular weight excluding hydrogens is 310 g/mol. The fourth-order valence-corrected chi connectivity index (χ4v) is 2.93. The van der Waals surface area contributed by atoms with E-state index in [9.17, 15) is 9.59 Å². The summed E-state index contributed by atoms with van der Waals surface area (Å²) in [5.74, 6) is -0.0599. The van der Waals surface area contributed by atoms with E-state index >= 15 is 0 Å². The van der Waals surface area contributed by atoms with Gasteiger partial charge in [0, 0.05) is 30.1 Å². The zero-order valence-electron chi connectivity index (χ0n) is 12.3. The number of amides is 2. The van der Waals surface area contributed by atoms with Crippen LogP contribution in [0.4, 0.5) is 0 Å². The molecule has 1 aliphatic heterocycles. The van der Waals surface area contributed by atoms with Crippen molar-refractivity contribution in [1.82, 2.24) is 10.2 Å². The van der Waals surface area contributed by atoms with Gasteiger partial charge in [-0.05, 0) is 38.1 Å². The van der Waals surface area contributed by atoms with Gasteiger partial charge in [-0.3, -0.25) is 9.59 Å². The molecule has 1 fully saturated rings. The quantitative estimate of drug-likeness (QED) is 0.884. The van der Waals surface area contributed by atoms with Gasteiger partial charge in [-0.15, -0.1) is 12.4 Å². The van der Waals surface area contributed by atoms with E-state index in [1.807, 2.05) is 16.8 Å². The minimum absolute atomic E-state index is 0. The number of rotatable bonds is 3. The number of thiophene rings is 1. The summed E-state index contributed by atoms with van der Waals surface area (Å²) in [4.78, 5) is 25.8. The second kappa shape index (κ2) is 7.24. The minimum Gasteiger partial charge on any atom is -0.349 e. The van der Waals surface area contributed by atoms with Crippen LogP contribution < -0.4 is 11.1 Å². The average Bonchev–Trinajstić information content (AvgIpc) is 2.91. The number of carbonyl (C=O) groups excluding carboxylic acids is 2. The summed E-state index contributed by atoms with van der Waals surface area (Å²) in [6.45, 7) is 4.74. The SMILES string of the molecule is CC(C)(N)C(=O)N1CCC(NC(=O)c2ccsc2)CC1.Cl. The van der Waals surface area contributed by atoms with Gasteiger partial charge in [0.15, 0.2) is 0 Å². The van der Waals surface area contributed by atoms with Crippen LogP contribution in [0.1, 0.15) is 37.0 Å². The van der Waals surface area contributed by atoms with Crippen molar-refractivity contribution >= 4 is 35.6 Å². The molecule has 2 heterocycles. The van der Waals surface area contributed by atoms with Gasteiger partial charge in [-0.25, -0.2) is 0 Å². The maximum Gasteiger partial charge on any atom is 0.252 e. The fraction of sp³-hybridized carbons (Fsp3) is 0.571. The van der Waals surface area contributed by atoms with Crippen LogP contribution in [0.25, 0.3) is 0 Å². The van der Waals surface area contributed by atoms with E-state index in [1.165, 1.54) is 11.3 Å². The third-order valence-electron chi connectivity index (χ3n) is 3.45. The maximum absolute atomic E-state index is 12.1. The Kier molecular flexibility index (Phi) is 6.19. The van der Waals surface area contributed by atoms with Gasteiger partial charge < -0.3 is 16.0 Å². The lowest BCUT2D eigenvalue weighted by molar-refractivity contribution is -0.136. The number of halogens is 1. The van der Waals surface area contributed by atoms with Crippen LogP contribution in [0.15, 0.2) is 16.8 Å². The zero-order valence-corrected chi connectivity index (χ0v) is 13.9. The molecule has 3 N–H and O–H groups in total. The molecule has 0 atom stereocenters. The highest BCUT2D eigenvalue weighted by Gasteiger charge is 2.31. The first kappa shape index (κ1) is 17.9. The van der Waals surface area contributed by atoms with Crippen molar-refractivity contribution in [3.05, 3.63) is 22.4 Å². The number of nitrogens with zero attached hydrogens (tertiary/aromatic N) is 1. The van der Waals surface area contributed by atoms with Gasteiger partial charge in [0.2, 0.25) is 5.91 Å². The van der Waals surface area contributed by atoms with E-state index in [0.717, 1.165) is 12.8 Å². The van der Waals surface area contributed by atoms with E-state index in [0.29, 0.717) is 18.7 Å². The second-order valence-corrected chi connectivity index (χ2v) is 6.55. The number of likely N-dealkylation sites (tertiary alicyclic amines) is 1. The first-order valence-electron chi connectivity index (χ1n) is 6.79. The Morgan fingerprint density at radius 2 is 2.00 bits per heavy atom. The largest absolute Gasteiger partial charge is 0.349 e. The Morgan fingerprint density at radius 1 is 1.38 bits per heavy atom. The standard InChI is InChI=1S/C14H21N3O2S.ClH/c1-14(2,15)13(19)17-6-3-11(4-7-17)16-12(18)10-5-8-20-9-10;/h5,8-9,11H,3-4,6-7,15H2,1-2H3,(H,16,18);1H. The predicted molar refractivity (Wildman–Crippen MR) is 86.9 cm³/mol. The van der Waals surface area contributed by atoms with E-state index in [2.05, 4.69) is 5.32 Å². The maximum atomic E-state index is 12.1. The van der Waals surface area contributed by atoms with Crippen molar-refractivity contribution in [3.63, 3.8) is 0 Å². The Labute approximate surface area is 135 Å². The molecule has 1 aliphatic rings. The van der Waals surface area contributed by atoms with Crippen molar-refractivity contribution in [3.8, 4) is 0 Å². The Hall–Kier alpha value is -1.11. The molecule has 0 spiro atoms. The lowest BCUT2D eigenvalue weighted by Crippen LogP contribution is -2.55. The van der Waals surface area contributed by atoms with Crippen LogP contribution >= 0.6 is 23.7 Å². The topological polar surface area (TPSA) is 75.4 Å². The fourth-order valence-electron chi connectivity index (χ4n) is 2.30. The summed E-state index contributed by atoms with van der Waals surface area (Å²) in [5.41, 5.74) is 5.71. The van der Waals surface area contributed by atoms with Crippen molar-refractivity contribution < 1.29 is 9.59 Å². The van der Waals surface area contributed by atoms with Crippen LogP contribution in [0, 0.1) is 0 Å². The van der Waals surface area contributed by atoms with Crippen LogP contribution in [0.3, 0.4) is 0 Å². The Bertz CT molecular complexity index is 477. The number of hydrogen-bond acceptors (Lipinski definition) is 4. The van der Waals surface area contributed by atoms with Gasteiger partial charge in [0.05, 0.1) is 5.54 Å². The molecule has 0 radical (unpaired) electrons. The second-order valence-electron chi connectivity index (χ2n) is 5.77. The monoisotopic (exact) mass is 331 g/mol. The van der Waals surface area contributed by atoms with Gasteiger partial charge in [0.1, 0.15) is 0 Å². The third-order valence-corrected chi connectivity index (χ3v) is 4.14. The van der Waals surface area contributed by atoms with Crippen LogP contribution in [-0.4, -0.2) is 41.4 Å². The molecule has 118 valence electrons. The molecule has 0 aliphatic carbocycles. The molecule has 2 rings (SSSR count).